The molecule has 0 aliphatic carbocycles. The fourth-order valence-corrected chi connectivity index (χ4v) is 4.57. The molecule has 0 spiro atoms. The summed E-state index contributed by atoms with van der Waals surface area (Å²) in [6, 6.07) is 8.15. The maximum absolute atomic E-state index is 13.4. The van der Waals surface area contributed by atoms with Gasteiger partial charge in [-0.25, -0.2) is 0 Å². The minimum atomic E-state index is -0.107. The van der Waals surface area contributed by atoms with Crippen LogP contribution >= 0.6 is 0 Å². The summed E-state index contributed by atoms with van der Waals surface area (Å²) in [7, 11) is 3.46. The molecule has 3 aliphatic rings. The normalized spacial score (nSPS) is 21.0. The molecule has 202 valence electrons. The first-order valence-electron chi connectivity index (χ1n) is 13.5. The van der Waals surface area contributed by atoms with Gasteiger partial charge in [0, 0.05) is 33.8 Å². The number of hydrogen-bond acceptors (Lipinski definition) is 6. The molecule has 3 aliphatic heterocycles. The SMILES string of the molecule is C1CCNCC1.CC.Cc1ccccc1CN1C(C(=O)N(C)CC2CCCO2)=C(N(C)C=O)NC1C. The van der Waals surface area contributed by atoms with Gasteiger partial charge in [-0.2, -0.15) is 0 Å². The molecule has 8 nitrogen and oxygen atoms in total. The van der Waals surface area contributed by atoms with Gasteiger partial charge in [0.1, 0.15) is 11.5 Å². The Kier molecular flexibility index (Phi) is 12.8. The Balaban J connectivity index is 0.000000491. The van der Waals surface area contributed by atoms with Crippen molar-refractivity contribution < 1.29 is 14.3 Å². The van der Waals surface area contributed by atoms with Crippen molar-refractivity contribution in [3.63, 3.8) is 0 Å². The number of nitrogens with one attached hydrogen (secondary N) is 2. The molecule has 8 heteroatoms. The molecular formula is C28H47N5O3. The summed E-state index contributed by atoms with van der Waals surface area (Å²) in [4.78, 5) is 30.0. The molecule has 2 N–H and O–H groups in total. The number of likely N-dealkylation sites (N-methyl/N-ethyl adjacent to an activating group) is 1. The summed E-state index contributed by atoms with van der Waals surface area (Å²) in [6.45, 7) is 12.5. The largest absolute Gasteiger partial charge is 0.376 e. The average molecular weight is 502 g/mol. The maximum atomic E-state index is 13.4. The average Bonchev–Trinajstić information content (AvgIpc) is 3.54. The number of aryl methyl sites for hydroxylation is 1. The highest BCUT2D eigenvalue weighted by Crippen LogP contribution is 2.27. The molecule has 2 fully saturated rings. The molecule has 2 amide bonds. The number of ether oxygens (including phenoxy) is 1. The van der Waals surface area contributed by atoms with Gasteiger partial charge >= 0.3 is 0 Å². The summed E-state index contributed by atoms with van der Waals surface area (Å²) in [5.74, 6) is 0.435. The van der Waals surface area contributed by atoms with E-state index in [0.29, 0.717) is 24.6 Å². The van der Waals surface area contributed by atoms with Gasteiger partial charge in [0.05, 0.1) is 12.3 Å². The zero-order chi connectivity index (χ0) is 26.5. The van der Waals surface area contributed by atoms with E-state index in [0.717, 1.165) is 31.4 Å². The van der Waals surface area contributed by atoms with Gasteiger partial charge in [0.15, 0.2) is 0 Å². The quantitative estimate of drug-likeness (QED) is 0.558. The van der Waals surface area contributed by atoms with Gasteiger partial charge in [-0.05, 0) is 63.7 Å². The lowest BCUT2D eigenvalue weighted by Gasteiger charge is -2.29. The van der Waals surface area contributed by atoms with Crippen LogP contribution in [0.15, 0.2) is 35.8 Å². The van der Waals surface area contributed by atoms with Crippen molar-refractivity contribution in [1.29, 1.82) is 0 Å². The molecule has 1 aromatic carbocycles. The molecule has 36 heavy (non-hydrogen) atoms. The topological polar surface area (TPSA) is 77.2 Å². The summed E-state index contributed by atoms with van der Waals surface area (Å²) in [5.41, 5.74) is 2.84. The van der Waals surface area contributed by atoms with E-state index >= 15 is 0 Å². The Labute approximate surface area is 218 Å². The molecule has 0 bridgehead atoms. The third kappa shape index (κ3) is 8.23. The van der Waals surface area contributed by atoms with Gasteiger partial charge in [-0.3, -0.25) is 9.59 Å². The van der Waals surface area contributed by atoms with Crippen molar-refractivity contribution >= 4 is 12.3 Å². The molecule has 2 unspecified atom stereocenters. The molecule has 2 atom stereocenters. The number of nitrogens with zero attached hydrogens (tertiary/aromatic N) is 3. The van der Waals surface area contributed by atoms with Gasteiger partial charge in [0.2, 0.25) is 6.41 Å². The lowest BCUT2D eigenvalue weighted by molar-refractivity contribution is -0.129. The van der Waals surface area contributed by atoms with Crippen molar-refractivity contribution in [3.8, 4) is 0 Å². The predicted molar refractivity (Wildman–Crippen MR) is 145 cm³/mol. The van der Waals surface area contributed by atoms with Crippen LogP contribution < -0.4 is 10.6 Å². The van der Waals surface area contributed by atoms with E-state index < -0.39 is 0 Å². The Hall–Kier alpha value is -2.58. The fraction of sp³-hybridized carbons (Fsp3) is 0.643. The number of rotatable bonds is 7. The summed E-state index contributed by atoms with van der Waals surface area (Å²) in [6.07, 6.45) is 6.92. The minimum absolute atomic E-state index is 0.0819. The fourth-order valence-electron chi connectivity index (χ4n) is 4.57. The second kappa shape index (κ2) is 15.5. The van der Waals surface area contributed by atoms with Crippen LogP contribution in [0.4, 0.5) is 0 Å². The Morgan fingerprint density at radius 3 is 2.36 bits per heavy atom. The van der Waals surface area contributed by atoms with Gasteiger partial charge in [0.25, 0.3) is 5.91 Å². The highest BCUT2D eigenvalue weighted by Gasteiger charge is 2.37. The van der Waals surface area contributed by atoms with Gasteiger partial charge < -0.3 is 30.1 Å². The van der Waals surface area contributed by atoms with E-state index in [1.807, 2.05) is 37.8 Å². The van der Waals surface area contributed by atoms with Crippen LogP contribution in [0.3, 0.4) is 0 Å². The molecule has 0 aromatic heterocycles. The zero-order valence-electron chi connectivity index (χ0n) is 23.2. The smallest absolute Gasteiger partial charge is 0.273 e. The van der Waals surface area contributed by atoms with Crippen molar-refractivity contribution in [3.05, 3.63) is 46.9 Å². The van der Waals surface area contributed by atoms with Crippen molar-refractivity contribution in [2.75, 3.05) is 40.3 Å². The molecular weight excluding hydrogens is 454 g/mol. The first-order chi connectivity index (χ1) is 17.4. The third-order valence-corrected chi connectivity index (χ3v) is 6.70. The van der Waals surface area contributed by atoms with Crippen LogP contribution in [-0.4, -0.2) is 79.6 Å². The predicted octanol–water partition coefficient (Wildman–Crippen LogP) is 3.43. The maximum Gasteiger partial charge on any atom is 0.273 e. The highest BCUT2D eigenvalue weighted by atomic mass is 16.5. The molecule has 2 saturated heterocycles. The number of carbonyl (C=O) groups excluding carboxylic acids is 2. The first kappa shape index (κ1) is 29.6. The van der Waals surface area contributed by atoms with E-state index in [-0.39, 0.29) is 18.2 Å². The number of benzene rings is 1. The van der Waals surface area contributed by atoms with E-state index in [2.05, 4.69) is 29.7 Å². The Bertz CT molecular complexity index is 838. The van der Waals surface area contributed by atoms with Crippen LogP contribution in [0.2, 0.25) is 0 Å². The van der Waals surface area contributed by atoms with E-state index in [1.165, 1.54) is 42.8 Å². The molecule has 1 aromatic rings. The molecule has 4 rings (SSSR count). The number of hydrogen-bond donors (Lipinski definition) is 2. The second-order valence-corrected chi connectivity index (χ2v) is 9.42. The van der Waals surface area contributed by atoms with Crippen molar-refractivity contribution in [2.45, 2.75) is 78.6 Å². The van der Waals surface area contributed by atoms with Gasteiger partial charge in [-0.15, -0.1) is 0 Å². The number of carbonyl (C=O) groups is 2. The minimum Gasteiger partial charge on any atom is -0.376 e. The monoisotopic (exact) mass is 501 g/mol. The highest BCUT2D eigenvalue weighted by molar-refractivity contribution is 5.94. The summed E-state index contributed by atoms with van der Waals surface area (Å²) < 4.78 is 5.69. The molecule has 0 saturated carbocycles. The zero-order valence-corrected chi connectivity index (χ0v) is 23.2. The van der Waals surface area contributed by atoms with E-state index in [4.69, 9.17) is 4.74 Å². The van der Waals surface area contributed by atoms with Crippen molar-refractivity contribution in [1.82, 2.24) is 25.3 Å². The van der Waals surface area contributed by atoms with Crippen LogP contribution in [0, 0.1) is 6.92 Å². The second-order valence-electron chi connectivity index (χ2n) is 9.42. The number of amides is 2. The first-order valence-corrected chi connectivity index (χ1v) is 13.5. The van der Waals surface area contributed by atoms with E-state index in [9.17, 15) is 9.59 Å². The lowest BCUT2D eigenvalue weighted by Crippen LogP contribution is -2.41. The standard InChI is InChI=1S/C21H30N4O3.C5H11N.C2H6/c1-15-8-5-6-9-17(15)12-25-16(2)22-20(24(4)14-26)19(25)21(27)23(3)13-18-10-7-11-28-18;1-2-4-6-5-3-1;1-2/h5-6,8-9,14,16,18,22H,7,10-13H2,1-4H3;6H,1-5H2;1-2H3. The van der Waals surface area contributed by atoms with Crippen LogP contribution in [-0.2, 0) is 20.9 Å². The van der Waals surface area contributed by atoms with Crippen molar-refractivity contribution in [2.24, 2.45) is 0 Å². The van der Waals surface area contributed by atoms with Crippen LogP contribution in [0.1, 0.15) is 64.0 Å². The summed E-state index contributed by atoms with van der Waals surface area (Å²) >= 11 is 0. The van der Waals surface area contributed by atoms with Gasteiger partial charge in [-0.1, -0.05) is 44.5 Å². The molecule has 0 radical (unpaired) electrons. The molecule has 3 heterocycles. The van der Waals surface area contributed by atoms with Crippen LogP contribution in [0.5, 0.6) is 0 Å². The summed E-state index contributed by atoms with van der Waals surface area (Å²) in [5, 5.41) is 6.58. The van der Waals surface area contributed by atoms with Crippen LogP contribution in [0.25, 0.3) is 0 Å². The lowest BCUT2D eigenvalue weighted by atomic mass is 10.1. The van der Waals surface area contributed by atoms with E-state index in [1.54, 1.807) is 19.0 Å². The third-order valence-electron chi connectivity index (χ3n) is 6.70. The Morgan fingerprint density at radius 1 is 1.14 bits per heavy atom. The number of piperidine rings is 1. The Morgan fingerprint density at radius 2 is 1.83 bits per heavy atom.